The first-order valence-corrected chi connectivity index (χ1v) is 6.54. The fourth-order valence-electron chi connectivity index (χ4n) is 1.22. The summed E-state index contributed by atoms with van der Waals surface area (Å²) in [5, 5.41) is 9.18. The molecule has 0 saturated carbocycles. The molecule has 0 amide bonds. The van der Waals surface area contributed by atoms with E-state index in [0.29, 0.717) is 0 Å². The molecule has 15 heavy (non-hydrogen) atoms. The fourth-order valence-corrected chi connectivity index (χ4v) is 2.98. The van der Waals surface area contributed by atoms with Crippen molar-refractivity contribution in [3.63, 3.8) is 0 Å². The zero-order valence-electron chi connectivity index (χ0n) is 8.90. The van der Waals surface area contributed by atoms with Gasteiger partial charge in [0.05, 0.1) is 6.61 Å². The maximum Gasteiger partial charge on any atom is 0.0550 e. The predicted octanol–water partition coefficient (Wildman–Crippen LogP) is 2.94. The molecule has 1 rings (SSSR count). The predicted molar refractivity (Wildman–Crippen MR) is 69.1 cm³/mol. The van der Waals surface area contributed by atoms with Gasteiger partial charge < -0.3 is 10.8 Å². The number of nitrogens with two attached hydrogens (primary N) is 1. The lowest BCUT2D eigenvalue weighted by atomic mass is 10.1. The van der Waals surface area contributed by atoms with Crippen LogP contribution in [0.1, 0.15) is 25.5 Å². The van der Waals surface area contributed by atoms with Crippen LogP contribution < -0.4 is 5.73 Å². The Balaban J connectivity index is 2.82. The maximum absolute atomic E-state index is 8.96. The molecule has 0 heterocycles. The molecule has 0 aliphatic rings. The molecule has 4 heteroatoms. The summed E-state index contributed by atoms with van der Waals surface area (Å²) < 4.78 is 1.03. The molecular formula is C11H16BrNOS. The topological polar surface area (TPSA) is 46.2 Å². The molecule has 0 bridgehead atoms. The first-order valence-electron chi connectivity index (χ1n) is 4.87. The Labute approximate surface area is 103 Å². The van der Waals surface area contributed by atoms with Crippen molar-refractivity contribution in [1.82, 2.24) is 0 Å². The van der Waals surface area contributed by atoms with Gasteiger partial charge in [-0.1, -0.05) is 28.9 Å². The van der Waals surface area contributed by atoms with Crippen molar-refractivity contribution in [2.24, 2.45) is 5.73 Å². The molecular weight excluding hydrogens is 274 g/mol. The Morgan fingerprint density at radius 3 is 2.60 bits per heavy atom. The van der Waals surface area contributed by atoms with Crippen molar-refractivity contribution in [1.29, 1.82) is 0 Å². The second-order valence-corrected chi connectivity index (χ2v) is 5.95. The van der Waals surface area contributed by atoms with E-state index in [1.54, 1.807) is 11.8 Å². The lowest BCUT2D eigenvalue weighted by Crippen LogP contribution is -2.06. The summed E-state index contributed by atoms with van der Waals surface area (Å²) in [5.41, 5.74) is 6.92. The molecule has 1 aromatic carbocycles. The summed E-state index contributed by atoms with van der Waals surface area (Å²) in [7, 11) is 0. The zero-order chi connectivity index (χ0) is 11.4. The molecule has 1 unspecified atom stereocenters. The molecule has 0 aliphatic heterocycles. The van der Waals surface area contributed by atoms with Crippen molar-refractivity contribution < 1.29 is 5.11 Å². The van der Waals surface area contributed by atoms with Gasteiger partial charge in [-0.2, -0.15) is 0 Å². The SMILES string of the molecule is CC(CO)Sc1ccc([C@H](C)N)c(Br)c1. The first-order chi connectivity index (χ1) is 7.04. The van der Waals surface area contributed by atoms with Crippen LogP contribution in [0, 0.1) is 0 Å². The molecule has 0 radical (unpaired) electrons. The summed E-state index contributed by atoms with van der Waals surface area (Å²) in [4.78, 5) is 1.15. The number of halogens is 1. The van der Waals surface area contributed by atoms with E-state index in [9.17, 15) is 0 Å². The van der Waals surface area contributed by atoms with Crippen LogP contribution in [0.15, 0.2) is 27.6 Å². The largest absolute Gasteiger partial charge is 0.395 e. The van der Waals surface area contributed by atoms with Crippen LogP contribution in [0.25, 0.3) is 0 Å². The highest BCUT2D eigenvalue weighted by Gasteiger charge is 2.08. The van der Waals surface area contributed by atoms with Crippen LogP contribution in [0.4, 0.5) is 0 Å². The van der Waals surface area contributed by atoms with Gasteiger partial charge in [-0.25, -0.2) is 0 Å². The van der Waals surface area contributed by atoms with Gasteiger partial charge in [-0.15, -0.1) is 11.8 Å². The van der Waals surface area contributed by atoms with E-state index in [1.165, 1.54) is 0 Å². The summed E-state index contributed by atoms with van der Waals surface area (Å²) in [6, 6.07) is 6.16. The molecule has 0 saturated heterocycles. The average Bonchev–Trinajstić information content (AvgIpc) is 2.17. The van der Waals surface area contributed by atoms with Gasteiger partial charge in [-0.3, -0.25) is 0 Å². The standard InChI is InChI=1S/C11H16BrNOS/c1-7(6-14)15-9-3-4-10(8(2)13)11(12)5-9/h3-5,7-8,14H,6,13H2,1-2H3/t7?,8-/m0/s1. The third-order valence-electron chi connectivity index (χ3n) is 2.06. The fraction of sp³-hybridized carbons (Fsp3) is 0.455. The normalized spacial score (nSPS) is 15.0. The second kappa shape index (κ2) is 5.89. The molecule has 0 spiro atoms. The van der Waals surface area contributed by atoms with Crippen molar-refractivity contribution in [2.45, 2.75) is 30.0 Å². The van der Waals surface area contributed by atoms with Gasteiger partial charge >= 0.3 is 0 Å². The van der Waals surface area contributed by atoms with E-state index < -0.39 is 0 Å². The number of aliphatic hydroxyl groups excluding tert-OH is 1. The Morgan fingerprint density at radius 2 is 2.13 bits per heavy atom. The quantitative estimate of drug-likeness (QED) is 0.838. The Bertz CT molecular complexity index is 330. The van der Waals surface area contributed by atoms with Crippen LogP contribution in [-0.4, -0.2) is 17.0 Å². The summed E-state index contributed by atoms with van der Waals surface area (Å²) in [6.45, 7) is 4.15. The van der Waals surface area contributed by atoms with Crippen molar-refractivity contribution in [3.05, 3.63) is 28.2 Å². The van der Waals surface area contributed by atoms with Gasteiger partial charge in [0.15, 0.2) is 0 Å². The summed E-state index contributed by atoms with van der Waals surface area (Å²) in [5.74, 6) is 0. The third kappa shape index (κ3) is 3.79. The van der Waals surface area contributed by atoms with Crippen LogP contribution in [0.2, 0.25) is 0 Å². The van der Waals surface area contributed by atoms with E-state index in [1.807, 2.05) is 26.0 Å². The monoisotopic (exact) mass is 289 g/mol. The lowest BCUT2D eigenvalue weighted by Gasteiger charge is -2.12. The maximum atomic E-state index is 8.96. The Hall–Kier alpha value is -0.0300. The molecule has 0 aliphatic carbocycles. The molecule has 0 aromatic heterocycles. The van der Waals surface area contributed by atoms with Crippen LogP contribution >= 0.6 is 27.7 Å². The van der Waals surface area contributed by atoms with E-state index in [0.717, 1.165) is 14.9 Å². The molecule has 3 N–H and O–H groups in total. The van der Waals surface area contributed by atoms with Gasteiger partial charge in [-0.05, 0) is 24.6 Å². The van der Waals surface area contributed by atoms with Crippen LogP contribution in [-0.2, 0) is 0 Å². The van der Waals surface area contributed by atoms with E-state index in [2.05, 4.69) is 22.0 Å². The summed E-state index contributed by atoms with van der Waals surface area (Å²) in [6.07, 6.45) is 0. The van der Waals surface area contributed by atoms with Crippen LogP contribution in [0.5, 0.6) is 0 Å². The molecule has 2 atom stereocenters. The minimum Gasteiger partial charge on any atom is -0.395 e. The Kier molecular flexibility index (Phi) is 5.12. The van der Waals surface area contributed by atoms with E-state index >= 15 is 0 Å². The van der Waals surface area contributed by atoms with Gasteiger partial charge in [0.25, 0.3) is 0 Å². The van der Waals surface area contributed by atoms with Gasteiger partial charge in [0, 0.05) is 20.7 Å². The van der Waals surface area contributed by atoms with Crippen molar-refractivity contribution >= 4 is 27.7 Å². The summed E-state index contributed by atoms with van der Waals surface area (Å²) >= 11 is 5.16. The second-order valence-electron chi connectivity index (χ2n) is 3.58. The van der Waals surface area contributed by atoms with Crippen molar-refractivity contribution in [2.75, 3.05) is 6.61 Å². The van der Waals surface area contributed by atoms with E-state index in [4.69, 9.17) is 10.8 Å². The zero-order valence-corrected chi connectivity index (χ0v) is 11.3. The number of aliphatic hydroxyl groups is 1. The van der Waals surface area contributed by atoms with Crippen molar-refractivity contribution in [3.8, 4) is 0 Å². The lowest BCUT2D eigenvalue weighted by molar-refractivity contribution is 0.300. The van der Waals surface area contributed by atoms with Gasteiger partial charge in [0.2, 0.25) is 0 Å². The van der Waals surface area contributed by atoms with Crippen LogP contribution in [0.3, 0.4) is 0 Å². The third-order valence-corrected chi connectivity index (χ3v) is 3.82. The number of benzene rings is 1. The highest BCUT2D eigenvalue weighted by atomic mass is 79.9. The molecule has 84 valence electrons. The average molecular weight is 290 g/mol. The first kappa shape index (κ1) is 13.0. The molecule has 2 nitrogen and oxygen atoms in total. The molecule has 0 fully saturated rings. The smallest absolute Gasteiger partial charge is 0.0550 e. The number of thioether (sulfide) groups is 1. The number of hydrogen-bond donors (Lipinski definition) is 2. The van der Waals surface area contributed by atoms with Gasteiger partial charge in [0.1, 0.15) is 0 Å². The minimum absolute atomic E-state index is 0.0358. The molecule has 1 aromatic rings. The highest BCUT2D eigenvalue weighted by Crippen LogP contribution is 2.29. The van der Waals surface area contributed by atoms with E-state index in [-0.39, 0.29) is 17.9 Å². The number of hydrogen-bond acceptors (Lipinski definition) is 3. The minimum atomic E-state index is 0.0358. The Morgan fingerprint density at radius 1 is 1.47 bits per heavy atom. The highest BCUT2D eigenvalue weighted by molar-refractivity contribution is 9.10. The number of rotatable bonds is 4.